The minimum Gasteiger partial charge on any atom is -0.309 e. The van der Waals surface area contributed by atoms with Crippen molar-refractivity contribution in [2.24, 2.45) is 0 Å². The monoisotopic (exact) mass is 672 g/mol. The fourth-order valence-electron chi connectivity index (χ4n) is 8.49. The predicted octanol–water partition coefficient (Wildman–Crippen LogP) is 12.5. The first kappa shape index (κ1) is 29.4. The standard InChI is InChI=1S/C49H28N4/c50-29-30-22-24-34-40-27-31(23-25-45(40)53(46(34)26-30)32-12-2-1-3-13-32)47-35-15-5-7-17-37(35)48(38-18-8-6-16-36(38)47)41-28-44-49(39-19-9-4-14-33(39)41)52-43-21-11-10-20-42(43)51-44/h1-28H. The molecule has 0 N–H and O–H groups in total. The molecular formula is C49H28N4. The average Bonchev–Trinajstić information content (AvgIpc) is 3.55. The number of para-hydroxylation sites is 3. The summed E-state index contributed by atoms with van der Waals surface area (Å²) in [5.41, 5.74) is 12.1. The Hall–Kier alpha value is -7.35. The van der Waals surface area contributed by atoms with Gasteiger partial charge in [0.1, 0.15) is 0 Å². The van der Waals surface area contributed by atoms with Gasteiger partial charge in [-0.1, -0.05) is 115 Å². The Labute approximate surface area is 304 Å². The van der Waals surface area contributed by atoms with E-state index in [1.807, 2.05) is 42.5 Å². The van der Waals surface area contributed by atoms with E-state index in [0.717, 1.165) is 71.5 Å². The summed E-state index contributed by atoms with van der Waals surface area (Å²) in [5, 5.41) is 19.1. The zero-order valence-electron chi connectivity index (χ0n) is 28.5. The van der Waals surface area contributed by atoms with Gasteiger partial charge in [-0.2, -0.15) is 5.26 Å². The van der Waals surface area contributed by atoms with Crippen LogP contribution >= 0.6 is 0 Å². The second-order valence-electron chi connectivity index (χ2n) is 13.6. The van der Waals surface area contributed by atoms with Crippen molar-refractivity contribution in [3.05, 3.63) is 175 Å². The van der Waals surface area contributed by atoms with Crippen LogP contribution in [-0.2, 0) is 0 Å². The molecule has 0 saturated carbocycles. The molecule has 53 heavy (non-hydrogen) atoms. The molecule has 0 aliphatic carbocycles. The Morgan fingerprint density at radius 2 is 1.02 bits per heavy atom. The summed E-state index contributed by atoms with van der Waals surface area (Å²) in [4.78, 5) is 10.3. The van der Waals surface area contributed by atoms with Crippen LogP contribution in [0.15, 0.2) is 170 Å². The zero-order chi connectivity index (χ0) is 35.0. The Balaban J connectivity index is 1.23. The van der Waals surface area contributed by atoms with Crippen LogP contribution in [0.2, 0.25) is 0 Å². The number of fused-ring (bicyclic) bond motifs is 9. The Bertz CT molecular complexity index is 3290. The van der Waals surface area contributed by atoms with Gasteiger partial charge in [0.15, 0.2) is 0 Å². The second kappa shape index (κ2) is 11.3. The average molecular weight is 673 g/mol. The van der Waals surface area contributed by atoms with Gasteiger partial charge < -0.3 is 4.57 Å². The van der Waals surface area contributed by atoms with Crippen LogP contribution in [0.4, 0.5) is 0 Å². The molecule has 4 heteroatoms. The van der Waals surface area contributed by atoms with Crippen LogP contribution in [0.1, 0.15) is 5.56 Å². The Kier molecular flexibility index (Phi) is 6.28. The maximum absolute atomic E-state index is 9.82. The minimum absolute atomic E-state index is 0.644. The number of nitriles is 1. The molecule has 0 unspecified atom stereocenters. The highest BCUT2D eigenvalue weighted by atomic mass is 15.0. The maximum atomic E-state index is 9.82. The number of rotatable bonds is 3. The molecule has 4 nitrogen and oxygen atoms in total. The van der Waals surface area contributed by atoms with Gasteiger partial charge in [-0.15, -0.1) is 0 Å². The summed E-state index contributed by atoms with van der Waals surface area (Å²) in [6, 6.07) is 62.1. The normalized spacial score (nSPS) is 11.8. The van der Waals surface area contributed by atoms with Crippen LogP contribution in [-0.4, -0.2) is 14.5 Å². The molecule has 0 aliphatic heterocycles. The van der Waals surface area contributed by atoms with Gasteiger partial charge in [0.2, 0.25) is 0 Å². The molecule has 11 rings (SSSR count). The molecule has 0 bridgehead atoms. The number of aromatic nitrogens is 3. The smallest absolute Gasteiger partial charge is 0.0992 e. The quantitative estimate of drug-likeness (QED) is 0.139. The van der Waals surface area contributed by atoms with E-state index in [1.165, 1.54) is 32.7 Å². The van der Waals surface area contributed by atoms with Crippen molar-refractivity contribution in [3.8, 4) is 34.0 Å². The number of benzene rings is 9. The van der Waals surface area contributed by atoms with Gasteiger partial charge in [-0.25, -0.2) is 9.97 Å². The van der Waals surface area contributed by atoms with E-state index >= 15 is 0 Å². The van der Waals surface area contributed by atoms with Crippen LogP contribution in [0.3, 0.4) is 0 Å². The predicted molar refractivity (Wildman–Crippen MR) is 219 cm³/mol. The summed E-state index contributed by atoms with van der Waals surface area (Å²) in [6.07, 6.45) is 0. The molecule has 0 amide bonds. The first-order valence-corrected chi connectivity index (χ1v) is 17.8. The van der Waals surface area contributed by atoms with Gasteiger partial charge in [-0.05, 0) is 104 Å². The molecule has 0 radical (unpaired) electrons. The van der Waals surface area contributed by atoms with E-state index in [0.29, 0.717) is 5.56 Å². The van der Waals surface area contributed by atoms with Crippen molar-refractivity contribution >= 4 is 76.2 Å². The zero-order valence-corrected chi connectivity index (χ0v) is 28.5. The third kappa shape index (κ3) is 4.35. The minimum atomic E-state index is 0.644. The molecule has 0 spiro atoms. The van der Waals surface area contributed by atoms with Crippen LogP contribution in [0.5, 0.6) is 0 Å². The van der Waals surface area contributed by atoms with Gasteiger partial charge in [0.05, 0.1) is 44.7 Å². The molecule has 0 fully saturated rings. The van der Waals surface area contributed by atoms with Crippen molar-refractivity contribution < 1.29 is 0 Å². The number of nitrogens with zero attached hydrogens (tertiary/aromatic N) is 4. The van der Waals surface area contributed by atoms with E-state index in [2.05, 4.69) is 138 Å². The van der Waals surface area contributed by atoms with Gasteiger partial charge in [0.25, 0.3) is 0 Å². The highest BCUT2D eigenvalue weighted by Gasteiger charge is 2.21. The van der Waals surface area contributed by atoms with Crippen LogP contribution in [0.25, 0.3) is 104 Å². The summed E-state index contributed by atoms with van der Waals surface area (Å²) in [5.74, 6) is 0. The second-order valence-corrected chi connectivity index (χ2v) is 13.6. The summed E-state index contributed by atoms with van der Waals surface area (Å²) < 4.78 is 2.27. The lowest BCUT2D eigenvalue weighted by Gasteiger charge is -2.19. The number of hydrogen-bond acceptors (Lipinski definition) is 3. The lowest BCUT2D eigenvalue weighted by atomic mass is 9.84. The third-order valence-corrected chi connectivity index (χ3v) is 10.8. The highest BCUT2D eigenvalue weighted by molar-refractivity contribution is 6.26. The van der Waals surface area contributed by atoms with E-state index in [-0.39, 0.29) is 0 Å². The topological polar surface area (TPSA) is 54.5 Å². The van der Waals surface area contributed by atoms with E-state index in [1.54, 1.807) is 0 Å². The van der Waals surface area contributed by atoms with Crippen molar-refractivity contribution in [1.29, 1.82) is 5.26 Å². The number of hydrogen-bond donors (Lipinski definition) is 0. The summed E-state index contributed by atoms with van der Waals surface area (Å²) >= 11 is 0. The van der Waals surface area contributed by atoms with Gasteiger partial charge in [0, 0.05) is 21.8 Å². The molecule has 0 aliphatic rings. The molecule has 0 atom stereocenters. The highest BCUT2D eigenvalue weighted by Crippen LogP contribution is 2.47. The van der Waals surface area contributed by atoms with Gasteiger partial charge in [-0.3, -0.25) is 0 Å². The van der Waals surface area contributed by atoms with Gasteiger partial charge >= 0.3 is 0 Å². The molecule has 2 aromatic heterocycles. The Morgan fingerprint density at radius 1 is 0.415 bits per heavy atom. The fraction of sp³-hybridized carbons (Fsp3) is 0. The largest absolute Gasteiger partial charge is 0.309 e. The SMILES string of the molecule is N#Cc1ccc2c3cc(-c4c5ccccc5c(-c5cc6nc7ccccc7nc6c6ccccc56)c5ccccc45)ccc3n(-c3ccccc3)c2c1. The van der Waals surface area contributed by atoms with E-state index in [4.69, 9.17) is 9.97 Å². The molecular weight excluding hydrogens is 645 g/mol. The van der Waals surface area contributed by atoms with E-state index in [9.17, 15) is 5.26 Å². The molecule has 11 aromatic rings. The van der Waals surface area contributed by atoms with Crippen molar-refractivity contribution in [3.63, 3.8) is 0 Å². The summed E-state index contributed by atoms with van der Waals surface area (Å²) in [6.45, 7) is 0. The van der Waals surface area contributed by atoms with Crippen LogP contribution in [0, 0.1) is 11.3 Å². The first-order valence-electron chi connectivity index (χ1n) is 17.8. The lowest BCUT2D eigenvalue weighted by molar-refractivity contribution is 1.18. The van der Waals surface area contributed by atoms with Crippen LogP contribution < -0.4 is 0 Å². The maximum Gasteiger partial charge on any atom is 0.0992 e. The van der Waals surface area contributed by atoms with Crippen molar-refractivity contribution in [1.82, 2.24) is 14.5 Å². The molecule has 0 saturated heterocycles. The van der Waals surface area contributed by atoms with E-state index < -0.39 is 0 Å². The first-order chi connectivity index (χ1) is 26.2. The molecule has 9 aromatic carbocycles. The Morgan fingerprint density at radius 3 is 1.72 bits per heavy atom. The third-order valence-electron chi connectivity index (χ3n) is 10.8. The lowest BCUT2D eigenvalue weighted by Crippen LogP contribution is -1.95. The van der Waals surface area contributed by atoms with Crippen molar-refractivity contribution in [2.75, 3.05) is 0 Å². The molecule has 2 heterocycles. The summed E-state index contributed by atoms with van der Waals surface area (Å²) in [7, 11) is 0. The fourth-order valence-corrected chi connectivity index (χ4v) is 8.49. The molecule has 244 valence electrons. The van der Waals surface area contributed by atoms with Crippen molar-refractivity contribution in [2.45, 2.75) is 0 Å².